The van der Waals surface area contributed by atoms with E-state index >= 15 is 4.79 Å². The number of amides is 8. The van der Waals surface area contributed by atoms with Gasteiger partial charge in [0.1, 0.15) is 100 Å². The molecule has 2 saturated heterocycles. The molecule has 4 aromatic heterocycles. The van der Waals surface area contributed by atoms with E-state index in [1.165, 1.54) is 50.4 Å². The maximum atomic E-state index is 15.2. The zero-order valence-corrected chi connectivity index (χ0v) is 55.3. The SMILES string of the molecule is Cc1c(N)nc([C@H](CC(N)=O)NC[C@@H](N)C(N)=O)nc1C(=O)N[C@@H](C(=O)N[C@H](C)[C@H](O)[C@H](C)C(=O)N[C@H](C(=O)NCCc1nc(-c2nc(C(=O)NCCC[S+](C)C)cs2)cs1)[C@@H](C)O)[C@H](O[C@@H]1O[C@@H](CO)[C@@H](O)[C@@H](O)[C@@H]1O[C@H]1O[C@H](CO)[C@@H](O)[C@H](OC(N)=O)[C@@H]1O)c1cnc[nH]1. The molecule has 41 heteroatoms. The number of H-pyrrole nitrogens is 1. The maximum Gasteiger partial charge on any atom is 0.404 e. The summed E-state index contributed by atoms with van der Waals surface area (Å²) in [5.41, 5.74) is 28.1. The van der Waals surface area contributed by atoms with E-state index in [2.05, 4.69) is 74.3 Å². The molecule has 4 aromatic rings. The van der Waals surface area contributed by atoms with Crippen molar-refractivity contribution in [1.82, 2.24) is 61.8 Å². The van der Waals surface area contributed by atoms with E-state index in [0.29, 0.717) is 22.3 Å². The smallest absolute Gasteiger partial charge is 0.404 e. The lowest BCUT2D eigenvalue weighted by Crippen LogP contribution is -2.65. The molecule has 0 radical (unpaired) electrons. The van der Waals surface area contributed by atoms with Crippen molar-refractivity contribution >= 4 is 86.8 Å². The Morgan fingerprint density at radius 1 is 0.781 bits per heavy atom. The Morgan fingerprint density at radius 3 is 2.09 bits per heavy atom. The summed E-state index contributed by atoms with van der Waals surface area (Å²) in [6.07, 6.45) is -20.0. The summed E-state index contributed by atoms with van der Waals surface area (Å²) in [5.74, 6) is -7.69. The number of aromatic nitrogens is 6. The molecular weight excluding hydrogens is 1330 g/mol. The number of imidazole rings is 1. The number of nitrogens with one attached hydrogen (secondary N) is 7. The van der Waals surface area contributed by atoms with Crippen LogP contribution in [0.4, 0.5) is 10.6 Å². The molecule has 6 heterocycles. The molecule has 25 N–H and O–H groups in total. The normalized spacial score (nSPS) is 24.0. The number of rotatable bonds is 35. The third-order valence-electron chi connectivity index (χ3n) is 15.3. The fourth-order valence-electron chi connectivity index (χ4n) is 9.80. The standard InChI is InChI=1S/C55H83N17O21S3/c1-20-33(69-46(72-44(20)58)25(12-31(57)76)64-13-24(56)45(59)82)50(86)71-35(41(26-14-61-19-65-26)91-54-43(39(80)37(78)29(15-73)90-54)92-53-40(81)42(93-55(60)88)38(79)30(16-74)89-53)51(87)66-22(3)36(77)21(2)47(83)70-34(23(4)75)49(85)63-10-8-32-67-28(18-94-32)52-68-27(17-95-52)48(84)62-9-7-11-96(5)6/h14,17-19,21-25,29-30,34-43,53-54,64,73-75,77-81H,7-13,15-16,56H2,1-6H3,(H13-,57,58,59,60,61,62,63,65,66,69,70,71,72,76,82,83,84,85,86,87,88)/p+1/t21-,22+,23+,24+,25-,29-,30+,34-,35+,36+,37+,38+,39+,40-,41+,42-,43-,53+,54-/m0/s1. The summed E-state index contributed by atoms with van der Waals surface area (Å²) < 4.78 is 28.7. The number of nitrogen functional groups attached to an aromatic ring is 1. The van der Waals surface area contributed by atoms with E-state index in [1.54, 1.807) is 10.8 Å². The lowest BCUT2D eigenvalue weighted by Gasteiger charge is -2.47. The molecule has 0 aromatic carbocycles. The first-order valence-corrected chi connectivity index (χ1v) is 33.8. The summed E-state index contributed by atoms with van der Waals surface area (Å²) in [5, 5.41) is 108. The van der Waals surface area contributed by atoms with Gasteiger partial charge in [0.05, 0.1) is 85.2 Å². The fraction of sp³-hybridized carbons (Fsp3) is 0.618. The molecule has 38 nitrogen and oxygen atoms in total. The number of primary amides is 3. The van der Waals surface area contributed by atoms with E-state index in [0.717, 1.165) is 24.7 Å². The molecular formula is C55H84N17O21S3+. The number of thiazole rings is 2. The molecule has 0 bridgehead atoms. The quantitative estimate of drug-likeness (QED) is 0.0150. The number of hydrogen-bond acceptors (Lipinski definition) is 31. The van der Waals surface area contributed by atoms with Crippen molar-refractivity contribution in [3.05, 3.63) is 56.8 Å². The Bertz CT molecular complexity index is 3280. The third kappa shape index (κ3) is 20.6. The number of carbonyl (C=O) groups excluding carboxylic acids is 8. The molecule has 532 valence electrons. The van der Waals surface area contributed by atoms with Crippen LogP contribution in [0, 0.1) is 12.8 Å². The average Bonchev–Trinajstić information content (AvgIpc) is 0.885. The zero-order valence-electron chi connectivity index (χ0n) is 52.9. The minimum atomic E-state index is -2.20. The third-order valence-corrected chi connectivity index (χ3v) is 18.2. The van der Waals surface area contributed by atoms with Gasteiger partial charge in [-0.05, 0) is 31.7 Å². The lowest BCUT2D eigenvalue weighted by molar-refractivity contribution is -0.372. The summed E-state index contributed by atoms with van der Waals surface area (Å²) in [7, 11) is 0.254. The van der Waals surface area contributed by atoms with Crippen molar-refractivity contribution in [2.24, 2.45) is 28.9 Å². The van der Waals surface area contributed by atoms with Crippen LogP contribution in [-0.4, -0.2) is 267 Å². The van der Waals surface area contributed by atoms with Gasteiger partial charge in [-0.1, -0.05) is 6.92 Å². The first-order valence-electron chi connectivity index (χ1n) is 29.8. The number of nitrogens with two attached hydrogens (primary N) is 5. The maximum absolute atomic E-state index is 15.2. The Labute approximate surface area is 559 Å². The lowest BCUT2D eigenvalue weighted by atomic mass is 9.96. The van der Waals surface area contributed by atoms with E-state index in [-0.39, 0.29) is 64.9 Å². The molecule has 2 aliphatic rings. The van der Waals surface area contributed by atoms with Crippen LogP contribution in [0.1, 0.15) is 88.8 Å². The Morgan fingerprint density at radius 2 is 1.47 bits per heavy atom. The van der Waals surface area contributed by atoms with Crippen LogP contribution >= 0.6 is 22.7 Å². The molecule has 0 spiro atoms. The van der Waals surface area contributed by atoms with Gasteiger partial charge in [-0.3, -0.25) is 33.6 Å². The Balaban J connectivity index is 1.26. The van der Waals surface area contributed by atoms with Crippen molar-refractivity contribution in [2.75, 3.05) is 56.8 Å². The molecule has 2 aliphatic heterocycles. The highest BCUT2D eigenvalue weighted by atomic mass is 32.2. The molecule has 19 atom stereocenters. The van der Waals surface area contributed by atoms with Crippen molar-refractivity contribution in [1.29, 1.82) is 0 Å². The number of anilines is 1. The zero-order chi connectivity index (χ0) is 71.0. The van der Waals surface area contributed by atoms with Crippen LogP contribution in [0.3, 0.4) is 0 Å². The van der Waals surface area contributed by atoms with Crippen molar-refractivity contribution < 1.29 is 103 Å². The number of aromatic amines is 1. The molecule has 96 heavy (non-hydrogen) atoms. The highest BCUT2D eigenvalue weighted by Gasteiger charge is 2.54. The van der Waals surface area contributed by atoms with Crippen LogP contribution < -0.4 is 60.6 Å². The predicted octanol–water partition coefficient (Wildman–Crippen LogP) is -7.70. The van der Waals surface area contributed by atoms with Gasteiger partial charge in [0.25, 0.3) is 11.8 Å². The minimum absolute atomic E-state index is 0.00498. The van der Waals surface area contributed by atoms with Crippen LogP contribution in [0.25, 0.3) is 10.7 Å². The minimum Gasteiger partial charge on any atom is -0.441 e. The Kier molecular flexibility index (Phi) is 29.0. The highest BCUT2D eigenvalue weighted by Crippen LogP contribution is 2.35. The highest BCUT2D eigenvalue weighted by molar-refractivity contribution is 7.95. The fourth-order valence-corrected chi connectivity index (χ4v) is 12.1. The second-order valence-electron chi connectivity index (χ2n) is 22.8. The second kappa shape index (κ2) is 35.8. The van der Waals surface area contributed by atoms with Gasteiger partial charge >= 0.3 is 6.09 Å². The van der Waals surface area contributed by atoms with E-state index < -0.39 is 183 Å². The summed E-state index contributed by atoms with van der Waals surface area (Å²) in [6.45, 7) is 3.18. The van der Waals surface area contributed by atoms with Gasteiger partial charge in [0.2, 0.25) is 29.5 Å². The summed E-state index contributed by atoms with van der Waals surface area (Å²) in [6, 6.07) is -7.85. The molecule has 0 saturated carbocycles. The molecule has 6 rings (SSSR count). The van der Waals surface area contributed by atoms with E-state index in [9.17, 15) is 74.4 Å². The van der Waals surface area contributed by atoms with Crippen LogP contribution in [0.15, 0.2) is 23.3 Å². The molecule has 2 fully saturated rings. The average molecular weight is 1420 g/mol. The van der Waals surface area contributed by atoms with Crippen molar-refractivity contribution in [2.45, 2.75) is 157 Å². The topological polar surface area (TPSA) is 627 Å². The van der Waals surface area contributed by atoms with Gasteiger partial charge in [-0.15, -0.1) is 22.7 Å². The monoisotopic (exact) mass is 1410 g/mol. The summed E-state index contributed by atoms with van der Waals surface area (Å²) >= 11 is 2.52. The van der Waals surface area contributed by atoms with Crippen LogP contribution in [0.5, 0.6) is 0 Å². The van der Waals surface area contributed by atoms with E-state index in [1.807, 2.05) is 0 Å². The number of aliphatic hydroxyl groups is 8. The van der Waals surface area contributed by atoms with Gasteiger partial charge < -0.3 is 130 Å². The van der Waals surface area contributed by atoms with Crippen molar-refractivity contribution in [3.63, 3.8) is 0 Å². The van der Waals surface area contributed by atoms with Crippen molar-refractivity contribution in [3.8, 4) is 10.7 Å². The van der Waals surface area contributed by atoms with Gasteiger partial charge in [-0.25, -0.2) is 29.7 Å². The number of carbonyl (C=O) groups is 8. The number of ether oxygens (including phenoxy) is 5. The number of hydrogen-bond donors (Lipinski definition) is 20. The predicted molar refractivity (Wildman–Crippen MR) is 339 cm³/mol. The van der Waals surface area contributed by atoms with Gasteiger partial charge in [0.15, 0.2) is 18.7 Å². The number of nitrogens with zero attached hydrogens (tertiary/aromatic N) is 5. The van der Waals surface area contributed by atoms with Crippen LogP contribution in [-0.2, 0) is 65.0 Å². The molecule has 0 unspecified atom stereocenters. The first-order chi connectivity index (χ1) is 45.3. The van der Waals surface area contributed by atoms with Gasteiger partial charge in [-0.2, -0.15) is 0 Å². The van der Waals surface area contributed by atoms with E-state index in [4.69, 9.17) is 52.4 Å². The van der Waals surface area contributed by atoms with Crippen LogP contribution in [0.2, 0.25) is 0 Å². The Hall–Kier alpha value is -7.30. The molecule has 8 amide bonds. The van der Waals surface area contributed by atoms with Gasteiger partial charge in [0, 0.05) is 55.2 Å². The second-order valence-corrected chi connectivity index (χ2v) is 27.0. The largest absolute Gasteiger partial charge is 0.441 e. The summed E-state index contributed by atoms with van der Waals surface area (Å²) in [4.78, 5) is 131. The number of aliphatic hydroxyl groups excluding tert-OH is 8. The first kappa shape index (κ1) is 77.7. The molecule has 0 aliphatic carbocycles.